The average Bonchev–Trinajstić information content (AvgIpc) is 2.46. The van der Waals surface area contributed by atoms with Gasteiger partial charge < -0.3 is 10.1 Å². The molecule has 2 rings (SSSR count). The second-order valence-corrected chi connectivity index (χ2v) is 5.90. The molecule has 0 aliphatic rings. The third kappa shape index (κ3) is 3.98. The highest BCUT2D eigenvalue weighted by Crippen LogP contribution is 2.28. The molecule has 0 heterocycles. The lowest BCUT2D eigenvalue weighted by Gasteiger charge is -2.14. The molecule has 0 fully saturated rings. The zero-order valence-corrected chi connectivity index (χ0v) is 13.8. The molecular weight excluding hydrogens is 338 g/mol. The van der Waals surface area contributed by atoms with E-state index in [4.69, 9.17) is 16.3 Å². The predicted molar refractivity (Wildman–Crippen MR) is 87.4 cm³/mol. The summed E-state index contributed by atoms with van der Waals surface area (Å²) in [6.45, 7) is 2.65. The molecule has 1 atom stereocenters. The zero-order chi connectivity index (χ0) is 14.5. The van der Waals surface area contributed by atoms with Crippen molar-refractivity contribution in [2.45, 2.75) is 19.6 Å². The molecule has 20 heavy (non-hydrogen) atoms. The first-order chi connectivity index (χ1) is 9.60. The van der Waals surface area contributed by atoms with Gasteiger partial charge in [-0.25, -0.2) is 0 Å². The summed E-state index contributed by atoms with van der Waals surface area (Å²) in [5.41, 5.74) is 2.31. The van der Waals surface area contributed by atoms with Crippen LogP contribution in [0.15, 0.2) is 46.9 Å². The van der Waals surface area contributed by atoms with Crippen LogP contribution in [-0.4, -0.2) is 7.05 Å². The van der Waals surface area contributed by atoms with Gasteiger partial charge in [-0.05, 0) is 49.4 Å². The third-order valence-electron chi connectivity index (χ3n) is 3.19. The van der Waals surface area contributed by atoms with Gasteiger partial charge in [-0.3, -0.25) is 0 Å². The number of ether oxygens (including phenoxy) is 1. The van der Waals surface area contributed by atoms with Crippen molar-refractivity contribution in [2.24, 2.45) is 0 Å². The van der Waals surface area contributed by atoms with Gasteiger partial charge in [0.15, 0.2) is 0 Å². The van der Waals surface area contributed by atoms with Crippen LogP contribution in [0.2, 0.25) is 5.02 Å². The van der Waals surface area contributed by atoms with E-state index in [1.807, 2.05) is 43.4 Å². The largest absolute Gasteiger partial charge is 0.489 e. The fourth-order valence-corrected chi connectivity index (χ4v) is 2.68. The Morgan fingerprint density at radius 3 is 2.50 bits per heavy atom. The first kappa shape index (κ1) is 15.4. The smallest absolute Gasteiger partial charge is 0.120 e. The van der Waals surface area contributed by atoms with Crippen LogP contribution in [0, 0.1) is 0 Å². The Kier molecular flexibility index (Phi) is 5.46. The fraction of sp³-hybridized carbons (Fsp3) is 0.250. The lowest BCUT2D eigenvalue weighted by atomic mass is 10.1. The number of halogens is 2. The van der Waals surface area contributed by atoms with Crippen molar-refractivity contribution in [1.29, 1.82) is 0 Å². The Morgan fingerprint density at radius 1 is 1.20 bits per heavy atom. The van der Waals surface area contributed by atoms with Gasteiger partial charge in [0.1, 0.15) is 12.4 Å². The van der Waals surface area contributed by atoms with E-state index >= 15 is 0 Å². The number of hydrogen-bond acceptors (Lipinski definition) is 2. The minimum atomic E-state index is 0.301. The van der Waals surface area contributed by atoms with Gasteiger partial charge in [-0.15, -0.1) is 0 Å². The minimum absolute atomic E-state index is 0.301. The van der Waals surface area contributed by atoms with Crippen LogP contribution >= 0.6 is 27.5 Å². The summed E-state index contributed by atoms with van der Waals surface area (Å²) in [6, 6.07) is 14.0. The first-order valence-electron chi connectivity index (χ1n) is 6.44. The molecule has 0 radical (unpaired) electrons. The second kappa shape index (κ2) is 7.11. The van der Waals surface area contributed by atoms with Crippen LogP contribution < -0.4 is 10.1 Å². The van der Waals surface area contributed by atoms with E-state index in [0.717, 1.165) is 20.8 Å². The quantitative estimate of drug-likeness (QED) is 0.819. The molecule has 0 saturated carbocycles. The van der Waals surface area contributed by atoms with Gasteiger partial charge in [0.05, 0.1) is 0 Å². The van der Waals surface area contributed by atoms with Crippen molar-refractivity contribution in [3.8, 4) is 5.75 Å². The van der Waals surface area contributed by atoms with Crippen LogP contribution in [0.4, 0.5) is 0 Å². The number of hydrogen-bond donors (Lipinski definition) is 1. The Balaban J connectivity index is 2.03. The van der Waals surface area contributed by atoms with Gasteiger partial charge in [0.2, 0.25) is 0 Å². The van der Waals surface area contributed by atoms with E-state index in [-0.39, 0.29) is 0 Å². The molecule has 4 heteroatoms. The van der Waals surface area contributed by atoms with Crippen LogP contribution in [-0.2, 0) is 6.61 Å². The number of benzene rings is 2. The Bertz CT molecular complexity index is 571. The van der Waals surface area contributed by atoms with Gasteiger partial charge >= 0.3 is 0 Å². The first-order valence-corrected chi connectivity index (χ1v) is 7.61. The molecule has 0 saturated heterocycles. The van der Waals surface area contributed by atoms with Crippen molar-refractivity contribution >= 4 is 27.5 Å². The van der Waals surface area contributed by atoms with Crippen LogP contribution in [0.5, 0.6) is 5.75 Å². The Morgan fingerprint density at radius 2 is 1.90 bits per heavy atom. The summed E-state index contributed by atoms with van der Waals surface area (Å²) in [5.74, 6) is 0.846. The molecular formula is C16H17BrClNO. The highest BCUT2D eigenvalue weighted by atomic mass is 79.9. The summed E-state index contributed by atoms with van der Waals surface area (Å²) in [7, 11) is 1.95. The molecule has 0 spiro atoms. The molecule has 0 bridgehead atoms. The lowest BCUT2D eigenvalue weighted by Crippen LogP contribution is -2.12. The maximum absolute atomic E-state index is 5.86. The highest BCUT2D eigenvalue weighted by Gasteiger charge is 2.08. The van der Waals surface area contributed by atoms with Gasteiger partial charge in [-0.1, -0.05) is 45.7 Å². The molecule has 0 amide bonds. The molecule has 2 aromatic carbocycles. The molecule has 106 valence electrons. The van der Waals surface area contributed by atoms with Crippen LogP contribution in [0.3, 0.4) is 0 Å². The summed E-state index contributed by atoms with van der Waals surface area (Å²) >= 11 is 9.44. The topological polar surface area (TPSA) is 21.3 Å². The second-order valence-electron chi connectivity index (χ2n) is 4.61. The van der Waals surface area contributed by atoms with Crippen molar-refractivity contribution < 1.29 is 4.74 Å². The predicted octanol–water partition coefficient (Wildman–Crippen LogP) is 4.96. The molecule has 0 aliphatic carbocycles. The Labute approximate surface area is 133 Å². The number of nitrogens with one attached hydrogen (secondary N) is 1. The van der Waals surface area contributed by atoms with E-state index in [2.05, 4.69) is 34.2 Å². The summed E-state index contributed by atoms with van der Waals surface area (Å²) < 4.78 is 6.84. The van der Waals surface area contributed by atoms with Crippen molar-refractivity contribution in [3.05, 3.63) is 63.1 Å². The minimum Gasteiger partial charge on any atom is -0.489 e. The molecule has 1 unspecified atom stereocenters. The summed E-state index contributed by atoms with van der Waals surface area (Å²) in [4.78, 5) is 0. The van der Waals surface area contributed by atoms with Gasteiger partial charge in [0.25, 0.3) is 0 Å². The number of rotatable bonds is 5. The van der Waals surface area contributed by atoms with Gasteiger partial charge in [-0.2, -0.15) is 0 Å². The van der Waals surface area contributed by atoms with Gasteiger partial charge in [0, 0.05) is 15.5 Å². The van der Waals surface area contributed by atoms with E-state index in [1.54, 1.807) is 0 Å². The van der Waals surface area contributed by atoms with Crippen LogP contribution in [0.25, 0.3) is 0 Å². The molecule has 0 aliphatic heterocycles. The summed E-state index contributed by atoms with van der Waals surface area (Å²) in [5, 5.41) is 3.96. The average molecular weight is 355 g/mol. The van der Waals surface area contributed by atoms with E-state index < -0.39 is 0 Å². The molecule has 0 aromatic heterocycles. The zero-order valence-electron chi connectivity index (χ0n) is 11.5. The van der Waals surface area contributed by atoms with Crippen LogP contribution in [0.1, 0.15) is 24.1 Å². The third-order valence-corrected chi connectivity index (χ3v) is 4.13. The monoisotopic (exact) mass is 353 g/mol. The van der Waals surface area contributed by atoms with Crippen molar-refractivity contribution in [3.63, 3.8) is 0 Å². The Hall–Kier alpha value is -1.03. The molecule has 2 aromatic rings. The molecule has 1 N–H and O–H groups in total. The van der Waals surface area contributed by atoms with E-state index in [1.165, 1.54) is 5.56 Å². The van der Waals surface area contributed by atoms with E-state index in [9.17, 15) is 0 Å². The maximum Gasteiger partial charge on any atom is 0.120 e. The fourth-order valence-electron chi connectivity index (χ4n) is 1.85. The van der Waals surface area contributed by atoms with Crippen molar-refractivity contribution in [2.75, 3.05) is 7.05 Å². The maximum atomic E-state index is 5.86. The lowest BCUT2D eigenvalue weighted by molar-refractivity contribution is 0.306. The SMILES string of the molecule is CNC(C)c1ccc(OCc2ccc(Cl)cc2)cc1Br. The van der Waals surface area contributed by atoms with E-state index in [0.29, 0.717) is 12.6 Å². The summed E-state index contributed by atoms with van der Waals surface area (Å²) in [6.07, 6.45) is 0. The standard InChI is InChI=1S/C16H17BrClNO/c1-11(19-2)15-8-7-14(9-16(15)17)20-10-12-3-5-13(18)6-4-12/h3-9,11,19H,10H2,1-2H3. The molecule has 2 nitrogen and oxygen atoms in total. The highest BCUT2D eigenvalue weighted by molar-refractivity contribution is 9.10. The van der Waals surface area contributed by atoms with Crippen molar-refractivity contribution in [1.82, 2.24) is 5.32 Å². The normalized spacial score (nSPS) is 12.2.